The number of H-pyrrole nitrogens is 1. The van der Waals surface area contributed by atoms with E-state index in [1.165, 1.54) is 17.4 Å². The first-order valence-corrected chi connectivity index (χ1v) is 5.65. The summed E-state index contributed by atoms with van der Waals surface area (Å²) in [5.74, 6) is -0.842. The van der Waals surface area contributed by atoms with Gasteiger partial charge in [-0.3, -0.25) is 14.9 Å². The Morgan fingerprint density at radius 2 is 2.28 bits per heavy atom. The van der Waals surface area contributed by atoms with E-state index in [9.17, 15) is 20.0 Å². The number of rotatable bonds is 3. The molecule has 0 atom stereocenters. The van der Waals surface area contributed by atoms with Crippen LogP contribution < -0.4 is 5.56 Å². The van der Waals surface area contributed by atoms with E-state index in [0.717, 1.165) is 4.88 Å². The fraction of sp³-hybridized carbons (Fsp3) is 0. The van der Waals surface area contributed by atoms with Crippen LogP contribution in [0, 0.1) is 10.1 Å². The van der Waals surface area contributed by atoms with Gasteiger partial charge >= 0.3 is 11.2 Å². The van der Waals surface area contributed by atoms with Crippen LogP contribution in [-0.4, -0.2) is 20.0 Å². The monoisotopic (exact) mass is 265 g/mol. The number of nitrogens with one attached hydrogen (secondary N) is 1. The summed E-state index contributed by atoms with van der Waals surface area (Å²) < 4.78 is 0. The smallest absolute Gasteiger partial charge is 0.395 e. The van der Waals surface area contributed by atoms with Crippen molar-refractivity contribution >= 4 is 29.2 Å². The average Bonchev–Trinajstić information content (AvgIpc) is 2.77. The van der Waals surface area contributed by atoms with Crippen molar-refractivity contribution in [3.63, 3.8) is 0 Å². The molecule has 2 aromatic rings. The second-order valence-electron chi connectivity index (χ2n) is 3.23. The molecule has 2 aromatic heterocycles. The van der Waals surface area contributed by atoms with E-state index in [1.807, 2.05) is 17.5 Å². The molecule has 0 fully saturated rings. The Balaban J connectivity index is 2.37. The number of hydrogen-bond acceptors (Lipinski definition) is 6. The topological polar surface area (TPSA) is 109 Å². The van der Waals surface area contributed by atoms with E-state index in [2.05, 4.69) is 9.97 Å². The lowest BCUT2D eigenvalue weighted by atomic mass is 10.4. The van der Waals surface area contributed by atoms with Crippen molar-refractivity contribution in [2.24, 2.45) is 0 Å². The quantitative estimate of drug-likeness (QED) is 0.647. The Hall–Kier alpha value is -2.48. The first kappa shape index (κ1) is 12.0. The van der Waals surface area contributed by atoms with Gasteiger partial charge in [0.05, 0.1) is 4.92 Å². The fourth-order valence-corrected chi connectivity index (χ4v) is 1.88. The predicted molar refractivity (Wildman–Crippen MR) is 66.4 cm³/mol. The van der Waals surface area contributed by atoms with Crippen LogP contribution in [0.1, 0.15) is 10.7 Å². The number of hydrogen-bond donors (Lipinski definition) is 2. The summed E-state index contributed by atoms with van der Waals surface area (Å²) >= 11 is 1.48. The minimum atomic E-state index is -0.988. The highest BCUT2D eigenvalue weighted by molar-refractivity contribution is 7.10. The summed E-state index contributed by atoms with van der Waals surface area (Å²) in [7, 11) is 0. The molecule has 0 bridgehead atoms. The molecule has 0 aliphatic carbocycles. The minimum Gasteiger partial charge on any atom is -0.488 e. The number of aromatic nitrogens is 2. The lowest BCUT2D eigenvalue weighted by Gasteiger charge is -1.96. The number of nitrogens with zero attached hydrogens (tertiary/aromatic N) is 2. The van der Waals surface area contributed by atoms with E-state index in [4.69, 9.17) is 0 Å². The second-order valence-corrected chi connectivity index (χ2v) is 4.21. The third-order valence-electron chi connectivity index (χ3n) is 2.03. The van der Waals surface area contributed by atoms with Crippen molar-refractivity contribution in [3.8, 4) is 5.88 Å². The van der Waals surface area contributed by atoms with Crippen LogP contribution in [-0.2, 0) is 0 Å². The van der Waals surface area contributed by atoms with Crippen molar-refractivity contribution < 1.29 is 10.0 Å². The van der Waals surface area contributed by atoms with E-state index < -0.39 is 22.0 Å². The maximum atomic E-state index is 11.3. The summed E-state index contributed by atoms with van der Waals surface area (Å²) in [6, 6.07) is 3.71. The molecule has 0 aromatic carbocycles. The van der Waals surface area contributed by atoms with Crippen LogP contribution in [0.15, 0.2) is 22.3 Å². The lowest BCUT2D eigenvalue weighted by molar-refractivity contribution is -0.387. The van der Waals surface area contributed by atoms with E-state index in [0.29, 0.717) is 0 Å². The fourth-order valence-electron chi connectivity index (χ4n) is 1.26. The SMILES string of the molecule is O=c1[nH]c(/C=C/c2cccs2)nc(O)c1[N+](=O)[O-]. The summed E-state index contributed by atoms with van der Waals surface area (Å²) in [5.41, 5.74) is -1.94. The van der Waals surface area contributed by atoms with Gasteiger partial charge in [-0.1, -0.05) is 6.07 Å². The van der Waals surface area contributed by atoms with E-state index in [-0.39, 0.29) is 5.82 Å². The van der Waals surface area contributed by atoms with Crippen LogP contribution in [0.5, 0.6) is 5.88 Å². The first-order valence-electron chi connectivity index (χ1n) is 4.77. The molecule has 2 heterocycles. The Bertz CT molecular complexity index is 660. The van der Waals surface area contributed by atoms with Gasteiger partial charge in [-0.25, -0.2) is 0 Å². The summed E-state index contributed by atoms with van der Waals surface area (Å²) in [5, 5.41) is 21.6. The molecule has 0 aliphatic heterocycles. The summed E-state index contributed by atoms with van der Waals surface area (Å²) in [6.07, 6.45) is 3.13. The Labute approximate surface area is 104 Å². The van der Waals surface area contributed by atoms with Gasteiger partial charge in [0.15, 0.2) is 0 Å². The van der Waals surface area contributed by atoms with Crippen LogP contribution >= 0.6 is 11.3 Å². The molecule has 18 heavy (non-hydrogen) atoms. The molecular weight excluding hydrogens is 258 g/mol. The number of aromatic amines is 1. The van der Waals surface area contributed by atoms with Gasteiger partial charge in [0, 0.05) is 4.88 Å². The zero-order valence-electron chi connectivity index (χ0n) is 8.86. The maximum absolute atomic E-state index is 11.3. The highest BCUT2D eigenvalue weighted by Gasteiger charge is 2.21. The van der Waals surface area contributed by atoms with Crippen LogP contribution in [0.25, 0.3) is 12.2 Å². The van der Waals surface area contributed by atoms with Crippen LogP contribution in [0.4, 0.5) is 5.69 Å². The van der Waals surface area contributed by atoms with E-state index in [1.54, 1.807) is 6.08 Å². The Kier molecular flexibility index (Phi) is 3.20. The van der Waals surface area contributed by atoms with Gasteiger partial charge in [-0.2, -0.15) is 4.98 Å². The molecule has 92 valence electrons. The lowest BCUT2D eigenvalue weighted by Crippen LogP contribution is -2.14. The normalized spacial score (nSPS) is 10.9. The first-order chi connectivity index (χ1) is 8.58. The molecule has 0 spiro atoms. The highest BCUT2D eigenvalue weighted by Crippen LogP contribution is 2.18. The van der Waals surface area contributed by atoms with Gasteiger partial charge in [-0.05, 0) is 23.6 Å². The van der Waals surface area contributed by atoms with Crippen molar-refractivity contribution in [3.05, 3.63) is 48.7 Å². The Morgan fingerprint density at radius 1 is 1.50 bits per heavy atom. The molecule has 0 aliphatic rings. The van der Waals surface area contributed by atoms with Crippen molar-refractivity contribution in [2.75, 3.05) is 0 Å². The zero-order valence-corrected chi connectivity index (χ0v) is 9.68. The second kappa shape index (κ2) is 4.80. The largest absolute Gasteiger partial charge is 0.488 e. The molecule has 0 saturated heterocycles. The number of aromatic hydroxyl groups is 1. The maximum Gasteiger partial charge on any atom is 0.395 e. The standard InChI is InChI=1S/C10H7N3O4S/c14-9-8(13(16)17)10(15)12-7(11-9)4-3-6-2-1-5-18-6/h1-5H,(H2,11,12,14,15)/b4-3+. The van der Waals surface area contributed by atoms with Crippen molar-refractivity contribution in [2.45, 2.75) is 0 Å². The van der Waals surface area contributed by atoms with Crippen molar-refractivity contribution in [1.29, 1.82) is 0 Å². The van der Waals surface area contributed by atoms with Gasteiger partial charge in [-0.15, -0.1) is 11.3 Å². The molecule has 2 N–H and O–H groups in total. The molecule has 2 rings (SSSR count). The minimum absolute atomic E-state index is 0.0523. The number of thiophene rings is 1. The van der Waals surface area contributed by atoms with Gasteiger partial charge in [0.25, 0.3) is 5.88 Å². The molecular formula is C10H7N3O4S. The molecule has 0 unspecified atom stereocenters. The molecule has 0 saturated carbocycles. The molecule has 0 radical (unpaired) electrons. The molecule has 0 amide bonds. The van der Waals surface area contributed by atoms with Gasteiger partial charge < -0.3 is 10.1 Å². The van der Waals surface area contributed by atoms with E-state index >= 15 is 0 Å². The molecule has 8 heteroatoms. The highest BCUT2D eigenvalue weighted by atomic mass is 32.1. The van der Waals surface area contributed by atoms with Crippen LogP contribution in [0.2, 0.25) is 0 Å². The molecule has 7 nitrogen and oxygen atoms in total. The summed E-state index contributed by atoms with van der Waals surface area (Å²) in [6.45, 7) is 0. The van der Waals surface area contributed by atoms with Gasteiger partial charge in [0.2, 0.25) is 0 Å². The predicted octanol–water partition coefficient (Wildman–Crippen LogP) is 1.62. The summed E-state index contributed by atoms with van der Waals surface area (Å²) in [4.78, 5) is 27.5. The van der Waals surface area contributed by atoms with Crippen molar-refractivity contribution in [1.82, 2.24) is 9.97 Å². The average molecular weight is 265 g/mol. The third kappa shape index (κ3) is 2.43. The Morgan fingerprint density at radius 3 is 2.83 bits per heavy atom. The third-order valence-corrected chi connectivity index (χ3v) is 2.86. The zero-order chi connectivity index (χ0) is 13.1. The van der Waals surface area contributed by atoms with Crippen LogP contribution in [0.3, 0.4) is 0 Å². The number of nitro groups is 1. The van der Waals surface area contributed by atoms with Gasteiger partial charge in [0.1, 0.15) is 5.82 Å².